The fourth-order valence-corrected chi connectivity index (χ4v) is 5.76. The van der Waals surface area contributed by atoms with E-state index in [1.165, 1.54) is 25.2 Å². The van der Waals surface area contributed by atoms with Crippen LogP contribution in [-0.4, -0.2) is 65.1 Å². The molecule has 0 saturated carbocycles. The van der Waals surface area contributed by atoms with Crippen LogP contribution >= 0.6 is 22.6 Å². The van der Waals surface area contributed by atoms with Gasteiger partial charge in [-0.15, -0.1) is 0 Å². The van der Waals surface area contributed by atoms with Crippen molar-refractivity contribution in [3.05, 3.63) is 35.6 Å². The van der Waals surface area contributed by atoms with E-state index in [2.05, 4.69) is 10.3 Å². The van der Waals surface area contributed by atoms with E-state index in [-0.39, 0.29) is 15.6 Å². The first-order chi connectivity index (χ1) is 13.3. The third-order valence-electron chi connectivity index (χ3n) is 4.93. The molecular weight excluding hydrogens is 531 g/mol. The van der Waals surface area contributed by atoms with Crippen LogP contribution in [0.4, 0.5) is 17.6 Å². The number of hydrogen-bond donors (Lipinski definition) is 1. The molecule has 13 heteroatoms. The third kappa shape index (κ3) is 3.66. The SMILES string of the molecule is CC(I)N=C1NC2(c3ccccc3F)CN(C(=O)C(F)(F)F)CC2S(=O)(=O)N1C. The van der Waals surface area contributed by atoms with Gasteiger partial charge in [0.15, 0.2) is 0 Å². The van der Waals surface area contributed by atoms with E-state index < -0.39 is 51.8 Å². The van der Waals surface area contributed by atoms with Gasteiger partial charge in [0.05, 0.1) is 0 Å². The van der Waals surface area contributed by atoms with E-state index in [9.17, 15) is 30.8 Å². The van der Waals surface area contributed by atoms with Crippen LogP contribution in [0.5, 0.6) is 0 Å². The second-order valence-electron chi connectivity index (χ2n) is 6.79. The summed E-state index contributed by atoms with van der Waals surface area (Å²) in [5.74, 6) is -3.11. The number of nitrogens with one attached hydrogen (secondary N) is 1. The molecule has 7 nitrogen and oxygen atoms in total. The average molecular weight is 548 g/mol. The number of nitrogens with zero attached hydrogens (tertiary/aromatic N) is 3. The molecule has 3 atom stereocenters. The number of fused-ring (bicyclic) bond motifs is 1. The van der Waals surface area contributed by atoms with Crippen molar-refractivity contribution in [2.75, 3.05) is 20.1 Å². The first-order valence-corrected chi connectivity index (χ1v) is 11.1. The molecule has 1 N–H and O–H groups in total. The van der Waals surface area contributed by atoms with Crippen LogP contribution in [0.3, 0.4) is 0 Å². The Morgan fingerprint density at radius 2 is 2.00 bits per heavy atom. The first-order valence-electron chi connectivity index (χ1n) is 8.39. The van der Waals surface area contributed by atoms with E-state index >= 15 is 0 Å². The summed E-state index contributed by atoms with van der Waals surface area (Å²) in [5, 5.41) is 1.31. The lowest BCUT2D eigenvalue weighted by atomic mass is 9.88. The van der Waals surface area contributed by atoms with Crippen molar-refractivity contribution in [3.8, 4) is 0 Å². The number of aliphatic imine (C=N–C) groups is 1. The average Bonchev–Trinajstić information content (AvgIpc) is 2.99. The van der Waals surface area contributed by atoms with Crippen molar-refractivity contribution >= 4 is 44.5 Å². The number of rotatable bonds is 2. The number of halogens is 5. The Morgan fingerprint density at radius 3 is 2.55 bits per heavy atom. The van der Waals surface area contributed by atoms with Crippen molar-refractivity contribution in [3.63, 3.8) is 0 Å². The topological polar surface area (TPSA) is 82.1 Å². The molecule has 160 valence electrons. The van der Waals surface area contributed by atoms with Crippen LogP contribution in [-0.2, 0) is 20.4 Å². The minimum Gasteiger partial charge on any atom is -0.342 e. The number of likely N-dealkylation sites (tertiary alicyclic amines) is 1. The maximum Gasteiger partial charge on any atom is 0.471 e. The van der Waals surface area contributed by atoms with Crippen molar-refractivity contribution in [1.29, 1.82) is 0 Å². The predicted octanol–water partition coefficient (Wildman–Crippen LogP) is 1.80. The van der Waals surface area contributed by atoms with Gasteiger partial charge in [-0.1, -0.05) is 40.8 Å². The van der Waals surface area contributed by atoms with Gasteiger partial charge in [0, 0.05) is 25.7 Å². The van der Waals surface area contributed by atoms with Crippen molar-refractivity contribution in [2.24, 2.45) is 4.99 Å². The van der Waals surface area contributed by atoms with E-state index in [0.29, 0.717) is 4.90 Å². The molecule has 2 heterocycles. The van der Waals surface area contributed by atoms with Crippen LogP contribution in [0.2, 0.25) is 0 Å². The molecule has 0 spiro atoms. The number of carbonyl (C=O) groups excluding carboxylic acids is 1. The monoisotopic (exact) mass is 548 g/mol. The Balaban J connectivity index is 2.22. The molecule has 2 fully saturated rings. The summed E-state index contributed by atoms with van der Waals surface area (Å²) in [6.45, 7) is 0.254. The van der Waals surface area contributed by atoms with Crippen molar-refractivity contribution in [1.82, 2.24) is 14.5 Å². The predicted molar refractivity (Wildman–Crippen MR) is 105 cm³/mol. The highest BCUT2D eigenvalue weighted by molar-refractivity contribution is 14.1. The highest BCUT2D eigenvalue weighted by Gasteiger charge is 2.63. The summed E-state index contributed by atoms with van der Waals surface area (Å²) in [6.07, 6.45) is -5.19. The molecule has 2 aliphatic rings. The molecule has 2 aliphatic heterocycles. The molecule has 1 amide bonds. The minimum absolute atomic E-state index is 0.132. The number of hydrogen-bond acceptors (Lipinski definition) is 4. The zero-order chi connectivity index (χ0) is 21.8. The fourth-order valence-electron chi connectivity index (χ4n) is 3.65. The maximum atomic E-state index is 14.7. The highest BCUT2D eigenvalue weighted by atomic mass is 127. The molecule has 3 rings (SSSR count). The molecule has 1 aromatic rings. The molecule has 0 bridgehead atoms. The van der Waals surface area contributed by atoms with E-state index in [1.807, 2.05) is 22.6 Å². The minimum atomic E-state index is -5.19. The van der Waals surface area contributed by atoms with Gasteiger partial charge in [0.2, 0.25) is 16.0 Å². The lowest BCUT2D eigenvalue weighted by Gasteiger charge is -2.44. The number of guanidine groups is 1. The van der Waals surface area contributed by atoms with Gasteiger partial charge in [0.1, 0.15) is 20.7 Å². The van der Waals surface area contributed by atoms with E-state index in [1.54, 1.807) is 6.92 Å². The Kier molecular flexibility index (Phi) is 5.51. The van der Waals surface area contributed by atoms with Gasteiger partial charge in [-0.05, 0) is 13.0 Å². The smallest absolute Gasteiger partial charge is 0.342 e. The normalized spacial score (nSPS) is 28.8. The molecule has 29 heavy (non-hydrogen) atoms. The Morgan fingerprint density at radius 1 is 1.38 bits per heavy atom. The molecular formula is C16H17F4IN4O3S. The van der Waals surface area contributed by atoms with Crippen LogP contribution in [0.25, 0.3) is 0 Å². The summed E-state index contributed by atoms with van der Waals surface area (Å²) in [4.78, 5) is 16.4. The molecule has 3 unspecified atom stereocenters. The number of benzene rings is 1. The summed E-state index contributed by atoms with van der Waals surface area (Å²) in [5.41, 5.74) is -1.96. The quantitative estimate of drug-likeness (QED) is 0.265. The second-order valence-corrected chi connectivity index (χ2v) is 10.7. The van der Waals surface area contributed by atoms with Gasteiger partial charge >= 0.3 is 12.1 Å². The molecule has 0 radical (unpaired) electrons. The summed E-state index contributed by atoms with van der Waals surface area (Å²) >= 11 is 1.92. The maximum absolute atomic E-state index is 14.7. The van der Waals surface area contributed by atoms with Gasteiger partial charge in [-0.3, -0.25) is 4.79 Å². The Bertz CT molecular complexity index is 969. The van der Waals surface area contributed by atoms with Gasteiger partial charge in [-0.25, -0.2) is 22.1 Å². The number of amides is 1. The second kappa shape index (κ2) is 7.25. The lowest BCUT2D eigenvalue weighted by Crippen LogP contribution is -2.67. The standard InChI is InChI=1S/C16H17F4IN4O3S/c1-9(21)22-14-23-15(10-5-3-4-6-11(10)17)8-25(13(26)16(18,19)20)7-12(15)29(27,28)24(14)2/h3-6,9,12H,7-8H2,1-2H3,(H,22,23). The summed E-state index contributed by atoms with van der Waals surface area (Å²) < 4.78 is 80.5. The number of alkyl halides is 4. The number of carbonyl (C=O) groups is 1. The summed E-state index contributed by atoms with van der Waals surface area (Å²) in [7, 11) is -3.05. The van der Waals surface area contributed by atoms with Crippen molar-refractivity contribution < 1.29 is 30.8 Å². The van der Waals surface area contributed by atoms with Crippen LogP contribution in [0.15, 0.2) is 29.3 Å². The first kappa shape index (κ1) is 22.1. The van der Waals surface area contributed by atoms with Crippen LogP contribution in [0.1, 0.15) is 12.5 Å². The Hall–Kier alpha value is -1.64. The number of sulfonamides is 1. The highest BCUT2D eigenvalue weighted by Crippen LogP contribution is 2.42. The fraction of sp³-hybridized carbons (Fsp3) is 0.500. The van der Waals surface area contributed by atoms with E-state index in [0.717, 1.165) is 10.4 Å². The largest absolute Gasteiger partial charge is 0.471 e. The zero-order valence-corrected chi connectivity index (χ0v) is 18.2. The van der Waals surface area contributed by atoms with E-state index in [4.69, 9.17) is 0 Å². The summed E-state index contributed by atoms with van der Waals surface area (Å²) in [6, 6.07) is 5.20. The Labute approximate surface area is 178 Å². The molecule has 0 aromatic heterocycles. The molecule has 1 aromatic carbocycles. The van der Waals surface area contributed by atoms with Gasteiger partial charge in [-0.2, -0.15) is 13.2 Å². The van der Waals surface area contributed by atoms with Gasteiger partial charge < -0.3 is 10.2 Å². The lowest BCUT2D eigenvalue weighted by molar-refractivity contribution is -0.184. The van der Waals surface area contributed by atoms with Crippen LogP contribution in [0, 0.1) is 5.82 Å². The zero-order valence-electron chi connectivity index (χ0n) is 15.2. The van der Waals surface area contributed by atoms with Crippen LogP contribution < -0.4 is 5.32 Å². The van der Waals surface area contributed by atoms with Gasteiger partial charge in [0.25, 0.3) is 0 Å². The van der Waals surface area contributed by atoms with Crippen molar-refractivity contribution in [2.45, 2.75) is 27.9 Å². The molecule has 2 saturated heterocycles. The third-order valence-corrected chi connectivity index (χ3v) is 7.42. The molecule has 0 aliphatic carbocycles.